The molecule has 1 heterocycles. The van der Waals surface area contributed by atoms with Crippen LogP contribution in [0.15, 0.2) is 24.3 Å². The van der Waals surface area contributed by atoms with Crippen LogP contribution >= 0.6 is 0 Å². The second kappa shape index (κ2) is 7.29. The lowest BCUT2D eigenvalue weighted by molar-refractivity contribution is -0.134. The smallest absolute Gasteiger partial charge is 0.222 e. The Hall–Kier alpha value is -1.55. The number of piperidine rings is 1. The van der Waals surface area contributed by atoms with Gasteiger partial charge in [0.1, 0.15) is 5.75 Å². The summed E-state index contributed by atoms with van der Waals surface area (Å²) in [6, 6.07) is 7.88. The number of rotatable bonds is 5. The minimum Gasteiger partial charge on any atom is -0.493 e. The van der Waals surface area contributed by atoms with E-state index in [-0.39, 0.29) is 12.0 Å². The number of likely N-dealkylation sites (tertiary alicyclic amines) is 1. The first-order chi connectivity index (χ1) is 9.66. The van der Waals surface area contributed by atoms with Crippen molar-refractivity contribution in [2.45, 2.75) is 38.7 Å². The summed E-state index contributed by atoms with van der Waals surface area (Å²) >= 11 is 0. The monoisotopic (exact) mass is 277 g/mol. The third-order valence-corrected chi connectivity index (χ3v) is 3.64. The number of hydrogen-bond acceptors (Lipinski definition) is 3. The molecule has 1 amide bonds. The van der Waals surface area contributed by atoms with E-state index in [1.165, 1.54) is 0 Å². The highest BCUT2D eigenvalue weighted by Gasteiger charge is 2.21. The van der Waals surface area contributed by atoms with Gasteiger partial charge in [0.15, 0.2) is 0 Å². The lowest BCUT2D eigenvalue weighted by Gasteiger charge is -2.30. The number of aliphatic hydroxyl groups is 1. The van der Waals surface area contributed by atoms with E-state index in [0.29, 0.717) is 26.0 Å². The number of aryl methyl sites for hydroxylation is 1. The molecule has 2 rings (SSSR count). The number of β-amino-alcohol motifs (C(OH)–C–C–N with tert-alkyl or cyclic N) is 1. The molecule has 1 saturated heterocycles. The predicted octanol–water partition coefficient (Wildman–Crippen LogP) is 2.14. The van der Waals surface area contributed by atoms with Crippen molar-refractivity contribution < 1.29 is 14.6 Å². The van der Waals surface area contributed by atoms with Crippen molar-refractivity contribution in [3.63, 3.8) is 0 Å². The molecule has 0 radical (unpaired) electrons. The van der Waals surface area contributed by atoms with E-state index in [1.54, 1.807) is 4.90 Å². The van der Waals surface area contributed by atoms with Crippen molar-refractivity contribution >= 4 is 5.91 Å². The van der Waals surface area contributed by atoms with E-state index in [1.807, 2.05) is 31.2 Å². The highest BCUT2D eigenvalue weighted by molar-refractivity contribution is 5.76. The number of para-hydroxylation sites is 1. The van der Waals surface area contributed by atoms with Gasteiger partial charge in [-0.05, 0) is 37.8 Å². The minimum absolute atomic E-state index is 0.122. The first-order valence-electron chi connectivity index (χ1n) is 7.31. The molecule has 0 aliphatic carbocycles. The van der Waals surface area contributed by atoms with Gasteiger partial charge in [0.05, 0.1) is 12.7 Å². The predicted molar refractivity (Wildman–Crippen MR) is 77.7 cm³/mol. The Morgan fingerprint density at radius 2 is 2.25 bits per heavy atom. The van der Waals surface area contributed by atoms with Gasteiger partial charge in [-0.3, -0.25) is 4.79 Å². The molecule has 1 N–H and O–H groups in total. The molecular weight excluding hydrogens is 254 g/mol. The average Bonchev–Trinajstić information content (AvgIpc) is 2.45. The molecule has 1 aliphatic heterocycles. The highest BCUT2D eigenvalue weighted by Crippen LogP contribution is 2.17. The summed E-state index contributed by atoms with van der Waals surface area (Å²) in [6.07, 6.45) is 2.54. The third-order valence-electron chi connectivity index (χ3n) is 3.64. The van der Waals surface area contributed by atoms with Crippen molar-refractivity contribution in [1.29, 1.82) is 0 Å². The standard InChI is InChI=1S/C16H23NO3/c1-13-6-2-3-8-15(13)20-11-5-9-16(19)17-10-4-7-14(18)12-17/h2-3,6,8,14,18H,4-5,7,9-12H2,1H3. The van der Waals surface area contributed by atoms with Crippen LogP contribution in [-0.2, 0) is 4.79 Å². The van der Waals surface area contributed by atoms with Crippen LogP contribution in [0.1, 0.15) is 31.2 Å². The second-order valence-corrected chi connectivity index (χ2v) is 5.35. The largest absolute Gasteiger partial charge is 0.493 e. The summed E-state index contributed by atoms with van der Waals surface area (Å²) in [5, 5.41) is 9.56. The van der Waals surface area contributed by atoms with Crippen LogP contribution in [-0.4, -0.2) is 41.7 Å². The molecule has 1 aliphatic rings. The van der Waals surface area contributed by atoms with E-state index in [2.05, 4.69) is 0 Å². The van der Waals surface area contributed by atoms with Crippen LogP contribution in [0, 0.1) is 6.92 Å². The van der Waals surface area contributed by atoms with Crippen LogP contribution in [0.4, 0.5) is 0 Å². The Labute approximate surface area is 120 Å². The number of carbonyl (C=O) groups excluding carboxylic acids is 1. The topological polar surface area (TPSA) is 49.8 Å². The van der Waals surface area contributed by atoms with Gasteiger partial charge in [0.2, 0.25) is 5.91 Å². The molecule has 1 unspecified atom stereocenters. The Balaban J connectivity index is 1.68. The van der Waals surface area contributed by atoms with Gasteiger partial charge in [0.25, 0.3) is 0 Å². The van der Waals surface area contributed by atoms with E-state index >= 15 is 0 Å². The summed E-state index contributed by atoms with van der Waals surface area (Å²) in [5.74, 6) is 1.01. The number of carbonyl (C=O) groups is 1. The van der Waals surface area contributed by atoms with Gasteiger partial charge in [-0.25, -0.2) is 0 Å². The summed E-state index contributed by atoms with van der Waals surface area (Å²) < 4.78 is 5.68. The molecular formula is C16H23NO3. The second-order valence-electron chi connectivity index (χ2n) is 5.35. The fourth-order valence-corrected chi connectivity index (χ4v) is 2.46. The number of nitrogens with zero attached hydrogens (tertiary/aromatic N) is 1. The Kier molecular flexibility index (Phi) is 5.41. The van der Waals surface area contributed by atoms with Gasteiger partial charge in [-0.2, -0.15) is 0 Å². The molecule has 1 atom stereocenters. The third kappa shape index (κ3) is 4.23. The number of amides is 1. The quantitative estimate of drug-likeness (QED) is 0.839. The molecule has 4 heteroatoms. The Bertz CT molecular complexity index is 447. The Morgan fingerprint density at radius 3 is 3.00 bits per heavy atom. The van der Waals surface area contributed by atoms with Crippen LogP contribution in [0.25, 0.3) is 0 Å². The van der Waals surface area contributed by atoms with E-state index in [9.17, 15) is 9.90 Å². The van der Waals surface area contributed by atoms with Crippen LogP contribution in [0.3, 0.4) is 0 Å². The number of aliphatic hydroxyl groups excluding tert-OH is 1. The molecule has 0 spiro atoms. The van der Waals surface area contributed by atoms with E-state index in [4.69, 9.17) is 4.74 Å². The van der Waals surface area contributed by atoms with Crippen LogP contribution < -0.4 is 4.74 Å². The molecule has 1 fully saturated rings. The SMILES string of the molecule is Cc1ccccc1OCCCC(=O)N1CCCC(O)C1. The zero-order valence-corrected chi connectivity index (χ0v) is 12.0. The summed E-state index contributed by atoms with van der Waals surface area (Å²) in [5.41, 5.74) is 1.11. The van der Waals surface area contributed by atoms with Crippen LogP contribution in [0.5, 0.6) is 5.75 Å². The maximum atomic E-state index is 12.0. The van der Waals surface area contributed by atoms with Gasteiger partial charge < -0.3 is 14.7 Å². The zero-order chi connectivity index (χ0) is 14.4. The van der Waals surface area contributed by atoms with E-state index in [0.717, 1.165) is 30.7 Å². The molecule has 1 aromatic rings. The fourth-order valence-electron chi connectivity index (χ4n) is 2.46. The van der Waals surface area contributed by atoms with Gasteiger partial charge in [-0.1, -0.05) is 18.2 Å². The molecule has 4 nitrogen and oxygen atoms in total. The molecule has 0 saturated carbocycles. The summed E-state index contributed by atoms with van der Waals surface area (Å²) in [4.78, 5) is 13.7. The molecule has 20 heavy (non-hydrogen) atoms. The van der Waals surface area contributed by atoms with Crippen molar-refractivity contribution in [3.05, 3.63) is 29.8 Å². The first-order valence-corrected chi connectivity index (χ1v) is 7.31. The normalized spacial score (nSPS) is 18.9. The van der Waals surface area contributed by atoms with Crippen molar-refractivity contribution in [2.75, 3.05) is 19.7 Å². The number of hydrogen-bond donors (Lipinski definition) is 1. The average molecular weight is 277 g/mol. The van der Waals surface area contributed by atoms with Gasteiger partial charge in [0, 0.05) is 19.5 Å². The highest BCUT2D eigenvalue weighted by atomic mass is 16.5. The fraction of sp³-hybridized carbons (Fsp3) is 0.562. The van der Waals surface area contributed by atoms with Crippen molar-refractivity contribution in [1.82, 2.24) is 4.90 Å². The molecule has 110 valence electrons. The maximum absolute atomic E-state index is 12.0. The van der Waals surface area contributed by atoms with Gasteiger partial charge in [-0.15, -0.1) is 0 Å². The zero-order valence-electron chi connectivity index (χ0n) is 12.0. The molecule has 1 aromatic carbocycles. The van der Waals surface area contributed by atoms with E-state index < -0.39 is 0 Å². The number of ether oxygens (including phenoxy) is 1. The molecule has 0 aromatic heterocycles. The van der Waals surface area contributed by atoms with Gasteiger partial charge >= 0.3 is 0 Å². The molecule has 0 bridgehead atoms. The summed E-state index contributed by atoms with van der Waals surface area (Å²) in [6.45, 7) is 3.81. The number of benzene rings is 1. The van der Waals surface area contributed by atoms with Crippen molar-refractivity contribution in [2.24, 2.45) is 0 Å². The van der Waals surface area contributed by atoms with Crippen molar-refractivity contribution in [3.8, 4) is 5.75 Å². The lowest BCUT2D eigenvalue weighted by Crippen LogP contribution is -2.42. The first kappa shape index (κ1) is 14.9. The minimum atomic E-state index is -0.351. The van der Waals surface area contributed by atoms with Crippen LogP contribution in [0.2, 0.25) is 0 Å². The maximum Gasteiger partial charge on any atom is 0.222 e. The lowest BCUT2D eigenvalue weighted by atomic mass is 10.1. The Morgan fingerprint density at radius 1 is 1.45 bits per heavy atom. The summed E-state index contributed by atoms with van der Waals surface area (Å²) in [7, 11) is 0.